The smallest absolute Gasteiger partial charge is 0.408 e. The van der Waals surface area contributed by atoms with Crippen molar-refractivity contribution in [3.63, 3.8) is 0 Å². The van der Waals surface area contributed by atoms with Gasteiger partial charge in [0.15, 0.2) is 0 Å². The molecule has 1 atom stereocenters. The molecule has 0 saturated heterocycles. The fourth-order valence-electron chi connectivity index (χ4n) is 4.68. The number of carbonyl (C=O) groups excluding carboxylic acids is 2. The van der Waals surface area contributed by atoms with Crippen molar-refractivity contribution in [3.05, 3.63) is 124 Å². The van der Waals surface area contributed by atoms with Crippen LogP contribution in [0.1, 0.15) is 43.5 Å². The van der Waals surface area contributed by atoms with Crippen LogP contribution in [0.25, 0.3) is 11.1 Å². The van der Waals surface area contributed by atoms with Crippen molar-refractivity contribution in [2.45, 2.75) is 45.3 Å². The van der Waals surface area contributed by atoms with Crippen LogP contribution in [-0.4, -0.2) is 28.2 Å². The lowest BCUT2D eigenvalue weighted by Gasteiger charge is -2.29. The highest BCUT2D eigenvalue weighted by Crippen LogP contribution is 2.31. The molecule has 0 aliphatic heterocycles. The average molecular weight is 556 g/mol. The predicted octanol–water partition coefficient (Wildman–Crippen LogP) is 6.16. The molecule has 0 saturated carbocycles. The number of ether oxygens (including phenoxy) is 1. The van der Waals surface area contributed by atoms with Crippen LogP contribution in [-0.2, 0) is 16.6 Å². The Morgan fingerprint density at radius 2 is 1.41 bits per heavy atom. The van der Waals surface area contributed by atoms with Gasteiger partial charge in [0, 0.05) is 41.5 Å². The highest BCUT2D eigenvalue weighted by molar-refractivity contribution is 5.98. The van der Waals surface area contributed by atoms with E-state index in [2.05, 4.69) is 10.6 Å². The van der Waals surface area contributed by atoms with Crippen molar-refractivity contribution in [2.24, 2.45) is 7.05 Å². The third-order valence-corrected chi connectivity index (χ3v) is 6.75. The number of hydrogen-bond donors (Lipinski definition) is 2. The van der Waals surface area contributed by atoms with Gasteiger partial charge < -0.3 is 19.9 Å². The second-order valence-corrected chi connectivity index (χ2v) is 10.8. The summed E-state index contributed by atoms with van der Waals surface area (Å²) in [4.78, 5) is 38.7. The Bertz CT molecular complexity index is 1560. The normalized spacial score (nSPS) is 12.1. The maximum absolute atomic E-state index is 15.4. The van der Waals surface area contributed by atoms with Crippen LogP contribution < -0.4 is 16.2 Å². The fraction of sp³-hybridized carbons (Fsp3) is 0.242. The van der Waals surface area contributed by atoms with E-state index < -0.39 is 35.4 Å². The van der Waals surface area contributed by atoms with Crippen LogP contribution in [0, 0.1) is 12.7 Å². The van der Waals surface area contributed by atoms with Crippen molar-refractivity contribution in [1.29, 1.82) is 0 Å². The lowest BCUT2D eigenvalue weighted by Crippen LogP contribution is -2.49. The molecule has 0 radical (unpaired) electrons. The summed E-state index contributed by atoms with van der Waals surface area (Å²) >= 11 is 0. The molecule has 4 rings (SSSR count). The molecule has 1 aromatic heterocycles. The van der Waals surface area contributed by atoms with Crippen molar-refractivity contribution in [1.82, 2.24) is 9.88 Å². The third kappa shape index (κ3) is 7.08. The standard InChI is InChI=1S/C33H34FN3O4/c1-21-25(18-19-28(38)37(21)5)26-17-16-24(20-27(26)34)35-31(39)30(36-32(40)41-33(2,3)4)29(22-12-8-6-9-13-22)23-14-10-7-11-15-23/h6-20,29-30H,1-5H3,(H,35,39)(H,36,40)/t30-/m0/s1. The number of carbonyl (C=O) groups is 2. The van der Waals surface area contributed by atoms with Crippen LogP contribution in [0.2, 0.25) is 0 Å². The van der Waals surface area contributed by atoms with Gasteiger partial charge in [0.1, 0.15) is 17.5 Å². The van der Waals surface area contributed by atoms with Crippen LogP contribution >= 0.6 is 0 Å². The average Bonchev–Trinajstić information content (AvgIpc) is 2.92. The van der Waals surface area contributed by atoms with Gasteiger partial charge in [0.25, 0.3) is 0 Å². The number of hydrogen-bond acceptors (Lipinski definition) is 4. The van der Waals surface area contributed by atoms with E-state index in [-0.39, 0.29) is 11.2 Å². The van der Waals surface area contributed by atoms with E-state index in [0.29, 0.717) is 16.8 Å². The summed E-state index contributed by atoms with van der Waals surface area (Å²) in [6.07, 6.45) is -0.749. The van der Waals surface area contributed by atoms with Crippen LogP contribution in [0.5, 0.6) is 0 Å². The number of rotatable bonds is 7. The Labute approximate surface area is 239 Å². The molecule has 4 aromatic rings. The molecule has 0 bridgehead atoms. The van der Waals surface area contributed by atoms with Crippen LogP contribution in [0.4, 0.5) is 14.9 Å². The Balaban J connectivity index is 1.70. The SMILES string of the molecule is Cc1c(-c2ccc(NC(=O)[C@@H](NC(=O)OC(C)(C)C)C(c3ccccc3)c3ccccc3)cc2F)ccc(=O)n1C. The maximum Gasteiger partial charge on any atom is 0.408 e. The van der Waals surface area contributed by atoms with E-state index in [9.17, 15) is 14.4 Å². The van der Waals surface area contributed by atoms with E-state index in [0.717, 1.165) is 11.1 Å². The molecule has 0 spiro atoms. The molecule has 8 heteroatoms. The van der Waals surface area contributed by atoms with E-state index in [1.54, 1.807) is 52.9 Å². The first-order valence-electron chi connectivity index (χ1n) is 13.3. The summed E-state index contributed by atoms with van der Waals surface area (Å²) in [6.45, 7) is 6.96. The fourth-order valence-corrected chi connectivity index (χ4v) is 4.68. The Kier molecular flexibility index (Phi) is 8.71. The molecule has 212 valence electrons. The number of amides is 2. The molecular formula is C33H34FN3O4. The highest BCUT2D eigenvalue weighted by atomic mass is 19.1. The molecule has 0 unspecified atom stereocenters. The summed E-state index contributed by atoms with van der Waals surface area (Å²) in [5.41, 5.74) is 2.34. The largest absolute Gasteiger partial charge is 0.444 e. The van der Waals surface area contributed by atoms with E-state index in [1.165, 1.54) is 16.7 Å². The van der Waals surface area contributed by atoms with Crippen LogP contribution in [0.3, 0.4) is 0 Å². The molecule has 2 amide bonds. The molecule has 0 fully saturated rings. The van der Waals surface area contributed by atoms with Crippen molar-refractivity contribution >= 4 is 17.7 Å². The maximum atomic E-state index is 15.4. The number of halogens is 1. The minimum atomic E-state index is -1.09. The van der Waals surface area contributed by atoms with E-state index >= 15 is 4.39 Å². The topological polar surface area (TPSA) is 89.4 Å². The number of anilines is 1. The number of pyridine rings is 1. The summed E-state index contributed by atoms with van der Waals surface area (Å²) in [7, 11) is 1.63. The zero-order chi connectivity index (χ0) is 29.7. The first kappa shape index (κ1) is 29.3. The third-order valence-electron chi connectivity index (χ3n) is 6.75. The van der Waals surface area contributed by atoms with Gasteiger partial charge in [-0.1, -0.05) is 60.7 Å². The monoisotopic (exact) mass is 555 g/mol. The summed E-state index contributed by atoms with van der Waals surface area (Å²) in [5, 5.41) is 5.54. The molecule has 0 aliphatic carbocycles. The Hall–Kier alpha value is -4.72. The van der Waals surface area contributed by atoms with Crippen molar-refractivity contribution in [3.8, 4) is 11.1 Å². The minimum Gasteiger partial charge on any atom is -0.444 e. The summed E-state index contributed by atoms with van der Waals surface area (Å²) < 4.78 is 22.3. The second kappa shape index (κ2) is 12.2. The minimum absolute atomic E-state index is 0.189. The van der Waals surface area contributed by atoms with E-state index in [1.807, 2.05) is 60.7 Å². The number of alkyl carbamates (subject to hydrolysis) is 1. The summed E-state index contributed by atoms with van der Waals surface area (Å²) in [6, 6.07) is 25.0. The van der Waals surface area contributed by atoms with Gasteiger partial charge in [-0.25, -0.2) is 9.18 Å². The van der Waals surface area contributed by atoms with Gasteiger partial charge in [-0.3, -0.25) is 9.59 Å². The molecule has 0 aliphatic rings. The van der Waals surface area contributed by atoms with Crippen molar-refractivity contribution < 1.29 is 18.7 Å². The van der Waals surface area contributed by atoms with Gasteiger partial charge >= 0.3 is 6.09 Å². The van der Waals surface area contributed by atoms with Gasteiger partial charge in [0.2, 0.25) is 11.5 Å². The Morgan fingerprint density at radius 1 is 0.854 bits per heavy atom. The van der Waals surface area contributed by atoms with Gasteiger partial charge in [-0.05, 0) is 63.1 Å². The molecule has 41 heavy (non-hydrogen) atoms. The highest BCUT2D eigenvalue weighted by Gasteiger charge is 2.34. The number of nitrogens with one attached hydrogen (secondary N) is 2. The van der Waals surface area contributed by atoms with Crippen LogP contribution in [0.15, 0.2) is 95.8 Å². The molecular weight excluding hydrogens is 521 g/mol. The van der Waals surface area contributed by atoms with Crippen molar-refractivity contribution in [2.75, 3.05) is 5.32 Å². The van der Waals surface area contributed by atoms with E-state index in [4.69, 9.17) is 4.74 Å². The lowest BCUT2D eigenvalue weighted by molar-refractivity contribution is -0.118. The lowest BCUT2D eigenvalue weighted by atomic mass is 9.84. The molecule has 1 heterocycles. The summed E-state index contributed by atoms with van der Waals surface area (Å²) in [5.74, 6) is -1.68. The number of nitrogens with zero attached hydrogens (tertiary/aromatic N) is 1. The number of benzene rings is 3. The zero-order valence-electron chi connectivity index (χ0n) is 23.8. The van der Waals surface area contributed by atoms with Gasteiger partial charge in [-0.15, -0.1) is 0 Å². The molecule has 3 aromatic carbocycles. The Morgan fingerprint density at radius 3 is 1.95 bits per heavy atom. The van der Waals surface area contributed by atoms with Gasteiger partial charge in [0.05, 0.1) is 0 Å². The first-order valence-corrected chi connectivity index (χ1v) is 13.3. The number of aromatic nitrogens is 1. The second-order valence-electron chi connectivity index (χ2n) is 10.8. The van der Waals surface area contributed by atoms with Gasteiger partial charge in [-0.2, -0.15) is 0 Å². The quantitative estimate of drug-likeness (QED) is 0.286. The molecule has 2 N–H and O–H groups in total. The first-order chi connectivity index (χ1) is 19.4. The zero-order valence-corrected chi connectivity index (χ0v) is 23.8. The molecule has 7 nitrogen and oxygen atoms in total. The predicted molar refractivity (Wildman–Crippen MR) is 158 cm³/mol.